The zero-order valence-electron chi connectivity index (χ0n) is 64.8. The zero-order chi connectivity index (χ0) is 72.8. The summed E-state index contributed by atoms with van der Waals surface area (Å²) in [5.41, 5.74) is 0. The van der Waals surface area contributed by atoms with Crippen LogP contribution in [-0.4, -0.2) is 96.7 Å². The van der Waals surface area contributed by atoms with Crippen LogP contribution in [0.5, 0.6) is 0 Å². The lowest BCUT2D eigenvalue weighted by atomic mass is 10.0. The fourth-order valence-corrected chi connectivity index (χ4v) is 13.9. The molecule has 19 heteroatoms. The van der Waals surface area contributed by atoms with Crippen molar-refractivity contribution in [2.24, 2.45) is 11.8 Å². The van der Waals surface area contributed by atoms with Gasteiger partial charge in [-0.3, -0.25) is 37.3 Å². The Labute approximate surface area is 607 Å². The van der Waals surface area contributed by atoms with Crippen LogP contribution in [0.15, 0.2) is 0 Å². The van der Waals surface area contributed by atoms with Crippen molar-refractivity contribution in [3.8, 4) is 0 Å². The molecule has 0 fully saturated rings. The van der Waals surface area contributed by atoms with Gasteiger partial charge in [0.15, 0.2) is 12.2 Å². The third kappa shape index (κ3) is 74.1. The van der Waals surface area contributed by atoms with Crippen LogP contribution in [-0.2, 0) is 65.4 Å². The molecule has 0 heterocycles. The van der Waals surface area contributed by atoms with Crippen LogP contribution < -0.4 is 0 Å². The molecule has 17 nitrogen and oxygen atoms in total. The first kappa shape index (κ1) is 97.1. The van der Waals surface area contributed by atoms with E-state index in [0.717, 1.165) is 108 Å². The molecule has 0 radical (unpaired) electrons. The average Bonchev–Trinajstić information content (AvgIpc) is 0.986. The van der Waals surface area contributed by atoms with Gasteiger partial charge in [-0.15, -0.1) is 0 Å². The lowest BCUT2D eigenvalue weighted by molar-refractivity contribution is -0.161. The van der Waals surface area contributed by atoms with Crippen molar-refractivity contribution in [3.05, 3.63) is 0 Å². The molecule has 0 aliphatic rings. The summed E-state index contributed by atoms with van der Waals surface area (Å²) in [4.78, 5) is 72.8. The van der Waals surface area contributed by atoms with E-state index in [2.05, 4.69) is 41.5 Å². The Morgan fingerprint density at radius 1 is 0.273 bits per heavy atom. The topological polar surface area (TPSA) is 237 Å². The van der Waals surface area contributed by atoms with Crippen LogP contribution in [0.3, 0.4) is 0 Å². The number of carbonyl (C=O) groups is 4. The number of ether oxygens (including phenoxy) is 4. The fraction of sp³-hybridized carbons (Fsp3) is 0.950. The van der Waals surface area contributed by atoms with Gasteiger partial charge in [0.1, 0.15) is 19.3 Å². The van der Waals surface area contributed by atoms with E-state index in [1.165, 1.54) is 231 Å². The smallest absolute Gasteiger partial charge is 0.462 e. The number of rotatable bonds is 79. The van der Waals surface area contributed by atoms with E-state index in [-0.39, 0.29) is 25.7 Å². The third-order valence-corrected chi connectivity index (χ3v) is 20.6. The zero-order valence-corrected chi connectivity index (χ0v) is 66.6. The van der Waals surface area contributed by atoms with Crippen LogP contribution in [0.4, 0.5) is 0 Å². The van der Waals surface area contributed by atoms with Crippen LogP contribution in [0.25, 0.3) is 0 Å². The molecule has 0 aliphatic heterocycles. The maximum atomic E-state index is 13.1. The van der Waals surface area contributed by atoms with Gasteiger partial charge in [0.05, 0.1) is 26.4 Å². The first-order chi connectivity index (χ1) is 47.9. The van der Waals surface area contributed by atoms with E-state index in [0.29, 0.717) is 25.7 Å². The highest BCUT2D eigenvalue weighted by molar-refractivity contribution is 7.47. The molecule has 99 heavy (non-hydrogen) atoms. The highest BCUT2D eigenvalue weighted by Gasteiger charge is 2.30. The number of aliphatic hydroxyl groups is 1. The van der Waals surface area contributed by atoms with Crippen LogP contribution in [0.2, 0.25) is 0 Å². The van der Waals surface area contributed by atoms with Crippen LogP contribution >= 0.6 is 15.6 Å². The second-order valence-corrected chi connectivity index (χ2v) is 32.7. The SMILES string of the molecule is CCCCCCCCCCCCCCC(=O)O[C@H](COC(=O)CCCCCCCCCC)COP(=O)(O)OC[C@H](O)COP(=O)(O)OC[C@@H](COC(=O)CCCCCCCCCCCCCCCCCC(C)C)OC(=O)CCCCCCCCCCCCCCCCCCCCC(C)C. The number of carbonyl (C=O) groups excluding carboxylic acids is 4. The lowest BCUT2D eigenvalue weighted by Gasteiger charge is -2.21. The third-order valence-electron chi connectivity index (χ3n) is 18.7. The summed E-state index contributed by atoms with van der Waals surface area (Å²) in [6.45, 7) is 9.66. The second kappa shape index (κ2) is 71.7. The first-order valence-corrected chi connectivity index (χ1v) is 44.5. The highest BCUT2D eigenvalue weighted by Crippen LogP contribution is 2.45. The van der Waals surface area contributed by atoms with E-state index < -0.39 is 97.5 Å². The summed E-state index contributed by atoms with van der Waals surface area (Å²) in [7, 11) is -9.91. The summed E-state index contributed by atoms with van der Waals surface area (Å²) in [6, 6.07) is 0. The van der Waals surface area contributed by atoms with Gasteiger partial charge in [0.2, 0.25) is 0 Å². The maximum absolute atomic E-state index is 13.1. The van der Waals surface area contributed by atoms with E-state index in [4.69, 9.17) is 37.0 Å². The molecule has 3 N–H and O–H groups in total. The van der Waals surface area contributed by atoms with Gasteiger partial charge < -0.3 is 33.8 Å². The second-order valence-electron chi connectivity index (χ2n) is 29.8. The Kier molecular flexibility index (Phi) is 70.3. The molecular weight excluding hydrogens is 1290 g/mol. The Morgan fingerprint density at radius 3 is 0.687 bits per heavy atom. The van der Waals surface area contributed by atoms with Crippen LogP contribution in [0.1, 0.15) is 420 Å². The van der Waals surface area contributed by atoms with Crippen molar-refractivity contribution in [1.29, 1.82) is 0 Å². The normalized spacial score (nSPS) is 13.9. The molecule has 0 saturated heterocycles. The van der Waals surface area contributed by atoms with Gasteiger partial charge in [0, 0.05) is 25.7 Å². The molecule has 0 bridgehead atoms. The molecule has 0 aromatic heterocycles. The molecule has 0 aromatic carbocycles. The summed E-state index contributed by atoms with van der Waals surface area (Å²) < 4.78 is 68.6. The van der Waals surface area contributed by atoms with Crippen molar-refractivity contribution < 1.29 is 80.2 Å². The molecule has 0 saturated carbocycles. The molecule has 2 unspecified atom stereocenters. The molecule has 0 amide bonds. The van der Waals surface area contributed by atoms with Crippen molar-refractivity contribution >= 4 is 39.5 Å². The minimum Gasteiger partial charge on any atom is -0.462 e. The lowest BCUT2D eigenvalue weighted by Crippen LogP contribution is -2.30. The molecule has 0 aliphatic carbocycles. The highest BCUT2D eigenvalue weighted by atomic mass is 31.2. The molecule has 588 valence electrons. The number of aliphatic hydroxyl groups excluding tert-OH is 1. The van der Waals surface area contributed by atoms with E-state index in [1.807, 2.05) is 0 Å². The van der Waals surface area contributed by atoms with Crippen molar-refractivity contribution in [1.82, 2.24) is 0 Å². The van der Waals surface area contributed by atoms with Crippen molar-refractivity contribution in [2.45, 2.75) is 439 Å². The largest absolute Gasteiger partial charge is 0.472 e. The molecule has 0 aromatic rings. The van der Waals surface area contributed by atoms with Gasteiger partial charge >= 0.3 is 39.5 Å². The predicted octanol–water partition coefficient (Wildman–Crippen LogP) is 23.9. The summed E-state index contributed by atoms with van der Waals surface area (Å²) in [5, 5.41) is 10.6. The van der Waals surface area contributed by atoms with Gasteiger partial charge in [-0.25, -0.2) is 9.13 Å². The number of esters is 4. The number of phosphoric ester groups is 2. The standard InChI is InChI=1S/C80H156O17P2/c1-7-9-11-13-15-17-18-34-40-46-52-58-64-79(84)96-75(68-90-77(82)62-56-50-44-16-14-12-10-8-2)70-94-98(86,87)92-66-74(81)67-93-99(88,89)95-71-76(69-91-78(83)63-57-51-45-39-35-30-27-23-25-29-33-38-43-49-55-61-73(5)6)97-80(85)65-59-53-47-41-36-31-26-22-20-19-21-24-28-32-37-42-48-54-60-72(3)4/h72-76,81H,7-71H2,1-6H3,(H,86,87)(H,88,89)/t74-,75+,76+/m0/s1. The minimum atomic E-state index is -4.96. The van der Waals surface area contributed by atoms with Gasteiger partial charge in [0.25, 0.3) is 0 Å². The number of hydrogen-bond donors (Lipinski definition) is 3. The molecule has 5 atom stereocenters. The minimum absolute atomic E-state index is 0.107. The van der Waals surface area contributed by atoms with Gasteiger partial charge in [-0.2, -0.15) is 0 Å². The first-order valence-electron chi connectivity index (χ1n) is 41.5. The monoisotopic (exact) mass is 1450 g/mol. The summed E-state index contributed by atoms with van der Waals surface area (Å²) >= 11 is 0. The number of hydrogen-bond acceptors (Lipinski definition) is 15. The maximum Gasteiger partial charge on any atom is 0.472 e. The molecule has 0 rings (SSSR count). The van der Waals surface area contributed by atoms with Crippen LogP contribution in [0, 0.1) is 11.8 Å². The Bertz CT molecular complexity index is 1910. The quantitative estimate of drug-likeness (QED) is 0.0222. The number of unbranched alkanes of at least 4 members (excludes halogenated alkanes) is 49. The van der Waals surface area contributed by atoms with Crippen molar-refractivity contribution in [3.63, 3.8) is 0 Å². The van der Waals surface area contributed by atoms with E-state index in [9.17, 15) is 43.2 Å². The summed E-state index contributed by atoms with van der Waals surface area (Å²) in [6.07, 6.45) is 61.1. The Morgan fingerprint density at radius 2 is 0.465 bits per heavy atom. The van der Waals surface area contributed by atoms with Gasteiger partial charge in [-0.1, -0.05) is 369 Å². The van der Waals surface area contributed by atoms with E-state index in [1.54, 1.807) is 0 Å². The summed E-state index contributed by atoms with van der Waals surface area (Å²) in [5.74, 6) is -0.485. The Balaban J connectivity index is 5.18. The molecule has 0 spiro atoms. The fourth-order valence-electron chi connectivity index (χ4n) is 12.4. The Hall–Kier alpha value is -1.94. The molecular formula is C80H156O17P2. The van der Waals surface area contributed by atoms with Crippen molar-refractivity contribution in [2.75, 3.05) is 39.6 Å². The van der Waals surface area contributed by atoms with Gasteiger partial charge in [-0.05, 0) is 37.5 Å². The van der Waals surface area contributed by atoms with E-state index >= 15 is 0 Å². The average molecular weight is 1450 g/mol. The predicted molar refractivity (Wildman–Crippen MR) is 405 cm³/mol. The number of phosphoric acid groups is 2.